The highest BCUT2D eigenvalue weighted by atomic mass is 16.5. The van der Waals surface area contributed by atoms with Gasteiger partial charge >= 0.3 is 0 Å². The van der Waals surface area contributed by atoms with Crippen LogP contribution in [0.4, 0.5) is 5.82 Å². The van der Waals surface area contributed by atoms with Gasteiger partial charge in [0.25, 0.3) is 0 Å². The molecule has 2 heterocycles. The lowest BCUT2D eigenvalue weighted by molar-refractivity contribution is 0.0158. The Bertz CT molecular complexity index is 413. The van der Waals surface area contributed by atoms with Crippen LogP contribution < -0.4 is 10.6 Å². The number of amidine groups is 1. The highest BCUT2D eigenvalue weighted by Gasteiger charge is 2.20. The second-order valence-corrected chi connectivity index (χ2v) is 4.60. The van der Waals surface area contributed by atoms with Gasteiger partial charge in [0, 0.05) is 24.8 Å². The molecule has 0 amide bonds. The summed E-state index contributed by atoms with van der Waals surface area (Å²) in [6.07, 6.45) is 3.75. The predicted molar refractivity (Wildman–Crippen MR) is 73.5 cm³/mol. The minimum atomic E-state index is 0.0372. The number of pyridine rings is 1. The molecule has 1 fully saturated rings. The number of ether oxygens (including phenoxy) is 1. The number of piperidine rings is 1. The van der Waals surface area contributed by atoms with Crippen molar-refractivity contribution < 1.29 is 9.84 Å². The third-order valence-corrected chi connectivity index (χ3v) is 3.27. The third kappa shape index (κ3) is 3.65. The lowest BCUT2D eigenvalue weighted by Gasteiger charge is -2.32. The van der Waals surface area contributed by atoms with Crippen LogP contribution in [0.5, 0.6) is 0 Å². The molecule has 0 radical (unpaired) electrons. The van der Waals surface area contributed by atoms with E-state index in [0.29, 0.717) is 12.2 Å². The molecule has 0 bridgehead atoms. The zero-order valence-electron chi connectivity index (χ0n) is 10.9. The fourth-order valence-corrected chi connectivity index (χ4v) is 2.20. The van der Waals surface area contributed by atoms with Gasteiger partial charge in [-0.1, -0.05) is 0 Å². The molecule has 0 unspecified atom stereocenters. The van der Waals surface area contributed by atoms with Crippen molar-refractivity contribution in [2.45, 2.75) is 18.9 Å². The minimum absolute atomic E-state index is 0.0372. The van der Waals surface area contributed by atoms with Gasteiger partial charge in [-0.15, -0.1) is 0 Å². The number of hydrogen-bond donors (Lipinski definition) is 3. The van der Waals surface area contributed by atoms with Crippen molar-refractivity contribution in [2.24, 2.45) is 5.73 Å². The summed E-state index contributed by atoms with van der Waals surface area (Å²) in [5.41, 5.74) is 6.04. The molecule has 2 rings (SSSR count). The van der Waals surface area contributed by atoms with Crippen molar-refractivity contribution in [3.8, 4) is 0 Å². The lowest BCUT2D eigenvalue weighted by atomic mass is 10.1. The van der Waals surface area contributed by atoms with Crippen LogP contribution in [0.25, 0.3) is 0 Å². The second-order valence-electron chi connectivity index (χ2n) is 4.60. The molecular weight excluding hydrogens is 244 g/mol. The zero-order chi connectivity index (χ0) is 13.7. The maximum atomic E-state index is 8.72. The van der Waals surface area contributed by atoms with Crippen molar-refractivity contribution in [3.05, 3.63) is 23.9 Å². The Morgan fingerprint density at radius 2 is 2.21 bits per heavy atom. The van der Waals surface area contributed by atoms with E-state index >= 15 is 0 Å². The summed E-state index contributed by atoms with van der Waals surface area (Å²) in [4.78, 5) is 6.53. The molecule has 0 aromatic carbocycles. The first-order chi connectivity index (χ1) is 9.20. The fourth-order valence-electron chi connectivity index (χ4n) is 2.20. The molecule has 1 aliphatic heterocycles. The molecule has 1 saturated heterocycles. The number of aliphatic hydroxyl groups is 1. The molecule has 1 aromatic heterocycles. The number of hydrogen-bond acceptors (Lipinski definition) is 5. The van der Waals surface area contributed by atoms with E-state index in [-0.39, 0.29) is 18.5 Å². The van der Waals surface area contributed by atoms with E-state index in [9.17, 15) is 0 Å². The molecule has 19 heavy (non-hydrogen) atoms. The average Bonchev–Trinajstić information content (AvgIpc) is 2.46. The van der Waals surface area contributed by atoms with Crippen molar-refractivity contribution in [2.75, 3.05) is 31.2 Å². The summed E-state index contributed by atoms with van der Waals surface area (Å²) in [5, 5.41) is 16.1. The molecule has 6 heteroatoms. The molecule has 0 saturated carbocycles. The van der Waals surface area contributed by atoms with Gasteiger partial charge in [0.15, 0.2) is 0 Å². The molecule has 1 aromatic rings. The van der Waals surface area contributed by atoms with E-state index in [1.165, 1.54) is 0 Å². The van der Waals surface area contributed by atoms with Crippen molar-refractivity contribution >= 4 is 11.7 Å². The van der Waals surface area contributed by atoms with Gasteiger partial charge < -0.3 is 20.5 Å². The van der Waals surface area contributed by atoms with Gasteiger partial charge in [-0.05, 0) is 25.0 Å². The number of rotatable bonds is 5. The zero-order valence-corrected chi connectivity index (χ0v) is 10.9. The van der Waals surface area contributed by atoms with Crippen molar-refractivity contribution in [1.29, 1.82) is 5.41 Å². The summed E-state index contributed by atoms with van der Waals surface area (Å²) in [7, 11) is 0. The van der Waals surface area contributed by atoms with E-state index in [2.05, 4.69) is 9.88 Å². The van der Waals surface area contributed by atoms with Crippen LogP contribution in [0.1, 0.15) is 18.4 Å². The van der Waals surface area contributed by atoms with Crippen LogP contribution in [0.3, 0.4) is 0 Å². The monoisotopic (exact) mass is 264 g/mol. The molecular formula is C13H20N4O2. The standard InChI is InChI=1S/C13H20N4O2/c14-13(15)10-1-2-12(16-9-10)17-5-3-11(4-6-17)19-8-7-18/h1-2,9,11,18H,3-8H2,(H3,14,15). The number of anilines is 1. The SMILES string of the molecule is N=C(N)c1ccc(N2CCC(OCCO)CC2)nc1. The highest BCUT2D eigenvalue weighted by molar-refractivity contribution is 5.94. The number of nitrogens with two attached hydrogens (primary N) is 1. The van der Waals surface area contributed by atoms with E-state index in [4.69, 9.17) is 21.0 Å². The number of nitrogens with one attached hydrogen (secondary N) is 1. The highest BCUT2D eigenvalue weighted by Crippen LogP contribution is 2.19. The van der Waals surface area contributed by atoms with Crippen LogP contribution >= 0.6 is 0 Å². The number of nitrogen functional groups attached to an aromatic ring is 1. The maximum absolute atomic E-state index is 8.72. The van der Waals surface area contributed by atoms with Gasteiger partial charge in [-0.2, -0.15) is 0 Å². The van der Waals surface area contributed by atoms with Crippen molar-refractivity contribution in [3.63, 3.8) is 0 Å². The van der Waals surface area contributed by atoms with E-state index in [1.807, 2.05) is 12.1 Å². The van der Waals surface area contributed by atoms with E-state index < -0.39 is 0 Å². The van der Waals surface area contributed by atoms with Gasteiger partial charge in [-0.25, -0.2) is 4.98 Å². The summed E-state index contributed by atoms with van der Waals surface area (Å²) < 4.78 is 5.53. The Kier molecular flexibility index (Phi) is 4.70. The van der Waals surface area contributed by atoms with Gasteiger partial charge in [0.05, 0.1) is 19.3 Å². The first-order valence-electron chi connectivity index (χ1n) is 6.48. The second kappa shape index (κ2) is 6.49. The normalized spacial score (nSPS) is 16.6. The van der Waals surface area contributed by atoms with Crippen LogP contribution in [0.2, 0.25) is 0 Å². The predicted octanol–water partition coefficient (Wildman–Crippen LogP) is 0.343. The Balaban J connectivity index is 1.88. The summed E-state index contributed by atoms with van der Waals surface area (Å²) in [5.74, 6) is 0.945. The number of aromatic nitrogens is 1. The summed E-state index contributed by atoms with van der Waals surface area (Å²) in [6, 6.07) is 3.71. The van der Waals surface area contributed by atoms with Crippen LogP contribution in [0.15, 0.2) is 18.3 Å². The lowest BCUT2D eigenvalue weighted by Crippen LogP contribution is -2.37. The topological polar surface area (TPSA) is 95.5 Å². The summed E-state index contributed by atoms with van der Waals surface area (Å²) in [6.45, 7) is 2.27. The molecule has 6 nitrogen and oxygen atoms in total. The quantitative estimate of drug-likeness (QED) is 0.526. The van der Waals surface area contributed by atoms with Crippen LogP contribution in [0, 0.1) is 5.41 Å². The molecule has 0 spiro atoms. The van der Waals surface area contributed by atoms with Gasteiger partial charge in [0.1, 0.15) is 11.7 Å². The smallest absolute Gasteiger partial charge is 0.128 e. The molecule has 104 valence electrons. The maximum Gasteiger partial charge on any atom is 0.128 e. The molecule has 0 aliphatic carbocycles. The molecule has 4 N–H and O–H groups in total. The van der Waals surface area contributed by atoms with Gasteiger partial charge in [0.2, 0.25) is 0 Å². The van der Waals surface area contributed by atoms with Gasteiger partial charge in [-0.3, -0.25) is 5.41 Å². The number of aliphatic hydroxyl groups excluding tert-OH is 1. The van der Waals surface area contributed by atoms with E-state index in [0.717, 1.165) is 31.7 Å². The minimum Gasteiger partial charge on any atom is -0.394 e. The Morgan fingerprint density at radius 3 is 2.74 bits per heavy atom. The largest absolute Gasteiger partial charge is 0.394 e. The van der Waals surface area contributed by atoms with Crippen molar-refractivity contribution in [1.82, 2.24) is 4.98 Å². The van der Waals surface area contributed by atoms with Crippen LogP contribution in [-0.2, 0) is 4.74 Å². The Morgan fingerprint density at radius 1 is 1.47 bits per heavy atom. The first-order valence-corrected chi connectivity index (χ1v) is 6.48. The molecule has 1 aliphatic rings. The average molecular weight is 264 g/mol. The number of nitrogens with zero attached hydrogens (tertiary/aromatic N) is 2. The fraction of sp³-hybridized carbons (Fsp3) is 0.538. The van der Waals surface area contributed by atoms with Crippen LogP contribution in [-0.4, -0.2) is 48.3 Å². The Hall–Kier alpha value is -1.66. The first kappa shape index (κ1) is 13.8. The third-order valence-electron chi connectivity index (χ3n) is 3.27. The van der Waals surface area contributed by atoms with E-state index in [1.54, 1.807) is 6.20 Å². The summed E-state index contributed by atoms with van der Waals surface area (Å²) >= 11 is 0. The Labute approximate surface area is 112 Å². The molecule has 0 atom stereocenters.